The zero-order chi connectivity index (χ0) is 9.38. The van der Waals surface area contributed by atoms with Gasteiger partial charge in [-0.3, -0.25) is 0 Å². The molecule has 1 heteroatoms. The standard InChI is InChI=1S/C12H16O/c1-6-8-4-5-9-10(6)7(2)11(8)12(9,3)13/h8-11,13H,1-2,4-5H2,3H3/t8-,9+,10+,11-,12-/m0/s1. The molecule has 0 aromatic carbocycles. The van der Waals surface area contributed by atoms with Gasteiger partial charge in [-0.15, -0.1) is 0 Å². The first kappa shape index (κ1) is 7.81. The Labute approximate surface area is 79.2 Å². The lowest BCUT2D eigenvalue weighted by Crippen LogP contribution is -2.48. The molecule has 0 aromatic heterocycles. The number of fused-ring (bicyclic) bond motifs is 1. The summed E-state index contributed by atoms with van der Waals surface area (Å²) in [7, 11) is 0. The average Bonchev–Trinajstić information content (AvgIpc) is 2.36. The smallest absolute Gasteiger partial charge is 0.0727 e. The van der Waals surface area contributed by atoms with E-state index >= 15 is 0 Å². The fraction of sp³-hybridized carbons (Fsp3) is 0.667. The highest BCUT2D eigenvalue weighted by molar-refractivity contribution is 5.43. The number of allylic oxidation sites excluding steroid dienone is 1. The lowest BCUT2D eigenvalue weighted by Gasteiger charge is -2.47. The molecule has 0 heterocycles. The maximum atomic E-state index is 10.4. The van der Waals surface area contributed by atoms with Crippen LogP contribution in [0.15, 0.2) is 24.3 Å². The average molecular weight is 176 g/mol. The van der Waals surface area contributed by atoms with Crippen molar-refractivity contribution in [2.24, 2.45) is 23.7 Å². The summed E-state index contributed by atoms with van der Waals surface area (Å²) in [6.07, 6.45) is 2.39. The van der Waals surface area contributed by atoms with E-state index in [4.69, 9.17) is 0 Å². The predicted molar refractivity (Wildman–Crippen MR) is 52.1 cm³/mol. The molecule has 13 heavy (non-hydrogen) atoms. The van der Waals surface area contributed by atoms with Gasteiger partial charge in [-0.1, -0.05) is 24.3 Å². The summed E-state index contributed by atoms with van der Waals surface area (Å²) < 4.78 is 0. The number of aliphatic hydroxyl groups is 1. The van der Waals surface area contributed by atoms with Crippen molar-refractivity contribution < 1.29 is 5.11 Å². The third-order valence-electron chi connectivity index (χ3n) is 4.65. The second-order valence-electron chi connectivity index (χ2n) is 5.12. The molecule has 4 saturated carbocycles. The van der Waals surface area contributed by atoms with Gasteiger partial charge in [0.2, 0.25) is 0 Å². The second kappa shape index (κ2) is 1.93. The van der Waals surface area contributed by atoms with Gasteiger partial charge in [0.1, 0.15) is 0 Å². The Balaban J connectivity index is 2.19. The van der Waals surface area contributed by atoms with Crippen LogP contribution >= 0.6 is 0 Å². The molecule has 1 nitrogen and oxygen atoms in total. The third-order valence-corrected chi connectivity index (χ3v) is 4.65. The number of hydrogen-bond donors (Lipinski definition) is 1. The lowest BCUT2D eigenvalue weighted by atomic mass is 9.61. The van der Waals surface area contributed by atoms with E-state index in [0.717, 1.165) is 6.42 Å². The van der Waals surface area contributed by atoms with Crippen LogP contribution in [0.1, 0.15) is 19.8 Å². The van der Waals surface area contributed by atoms with E-state index in [-0.39, 0.29) is 0 Å². The summed E-state index contributed by atoms with van der Waals surface area (Å²) in [6, 6.07) is 0. The quantitative estimate of drug-likeness (QED) is 0.561. The Kier molecular flexibility index (Phi) is 1.16. The van der Waals surface area contributed by atoms with E-state index in [0.29, 0.717) is 23.7 Å². The van der Waals surface area contributed by atoms with Gasteiger partial charge in [0.15, 0.2) is 0 Å². The normalized spacial score (nSPS) is 58.0. The van der Waals surface area contributed by atoms with Crippen LogP contribution in [0.5, 0.6) is 0 Å². The molecule has 0 aromatic rings. The monoisotopic (exact) mass is 176 g/mol. The molecule has 70 valence electrons. The largest absolute Gasteiger partial charge is 0.389 e. The van der Waals surface area contributed by atoms with Crippen molar-refractivity contribution in [1.82, 2.24) is 0 Å². The van der Waals surface area contributed by atoms with E-state index < -0.39 is 5.60 Å². The zero-order valence-electron chi connectivity index (χ0n) is 8.09. The molecule has 0 radical (unpaired) electrons. The van der Waals surface area contributed by atoms with Crippen molar-refractivity contribution in [3.8, 4) is 0 Å². The zero-order valence-corrected chi connectivity index (χ0v) is 8.09. The predicted octanol–water partition coefficient (Wildman–Crippen LogP) is 2.14. The van der Waals surface area contributed by atoms with E-state index in [1.807, 2.05) is 6.92 Å². The van der Waals surface area contributed by atoms with Crippen LogP contribution < -0.4 is 0 Å². The minimum atomic E-state index is -0.480. The van der Waals surface area contributed by atoms with Gasteiger partial charge in [-0.2, -0.15) is 0 Å². The Morgan fingerprint density at radius 2 is 2.00 bits per heavy atom. The molecule has 0 spiro atoms. The molecule has 5 atom stereocenters. The molecule has 4 bridgehead atoms. The van der Waals surface area contributed by atoms with E-state index in [2.05, 4.69) is 13.2 Å². The SMILES string of the molecule is C=C1[C@@H]2C(=C)[C@H]3[C@H]1CC[C@H]2[C@]3(C)O. The summed E-state index contributed by atoms with van der Waals surface area (Å²) in [5, 5.41) is 10.4. The molecule has 1 N–H and O–H groups in total. The van der Waals surface area contributed by atoms with Crippen molar-refractivity contribution in [1.29, 1.82) is 0 Å². The van der Waals surface area contributed by atoms with Gasteiger partial charge < -0.3 is 5.11 Å². The summed E-state index contributed by atoms with van der Waals surface area (Å²) in [4.78, 5) is 0. The van der Waals surface area contributed by atoms with Crippen LogP contribution in [0.3, 0.4) is 0 Å². The molecule has 0 aliphatic heterocycles. The van der Waals surface area contributed by atoms with Crippen molar-refractivity contribution in [2.75, 3.05) is 0 Å². The van der Waals surface area contributed by atoms with Crippen molar-refractivity contribution in [3.05, 3.63) is 24.3 Å². The fourth-order valence-corrected chi connectivity index (χ4v) is 4.17. The van der Waals surface area contributed by atoms with Gasteiger partial charge >= 0.3 is 0 Å². The number of hydrogen-bond acceptors (Lipinski definition) is 1. The van der Waals surface area contributed by atoms with Gasteiger partial charge in [0.05, 0.1) is 5.60 Å². The molecule has 0 saturated heterocycles. The van der Waals surface area contributed by atoms with Gasteiger partial charge in [-0.05, 0) is 31.6 Å². The van der Waals surface area contributed by atoms with Crippen LogP contribution in [-0.2, 0) is 0 Å². The Bertz CT molecular complexity index is 313. The first-order valence-corrected chi connectivity index (χ1v) is 5.15. The molecule has 4 aliphatic carbocycles. The lowest BCUT2D eigenvalue weighted by molar-refractivity contribution is -0.0763. The molecule has 4 rings (SSSR count). The third kappa shape index (κ3) is 0.623. The van der Waals surface area contributed by atoms with Gasteiger partial charge in [-0.25, -0.2) is 0 Å². The summed E-state index contributed by atoms with van der Waals surface area (Å²) in [6.45, 7) is 10.3. The van der Waals surface area contributed by atoms with Gasteiger partial charge in [0, 0.05) is 11.8 Å². The molecular weight excluding hydrogens is 160 g/mol. The van der Waals surface area contributed by atoms with Crippen LogP contribution in [0.2, 0.25) is 0 Å². The minimum absolute atomic E-state index is 0.323. The van der Waals surface area contributed by atoms with E-state index in [1.165, 1.54) is 17.6 Å². The van der Waals surface area contributed by atoms with Crippen LogP contribution in [-0.4, -0.2) is 10.7 Å². The summed E-state index contributed by atoms with van der Waals surface area (Å²) >= 11 is 0. The molecule has 0 unspecified atom stereocenters. The highest BCUT2D eigenvalue weighted by Crippen LogP contribution is 2.67. The van der Waals surface area contributed by atoms with Crippen molar-refractivity contribution in [3.63, 3.8) is 0 Å². The molecular formula is C12H16O. The topological polar surface area (TPSA) is 20.2 Å². The van der Waals surface area contributed by atoms with Crippen LogP contribution in [0.25, 0.3) is 0 Å². The Hall–Kier alpha value is -0.560. The summed E-state index contributed by atoms with van der Waals surface area (Å²) in [5.74, 6) is 1.72. The second-order valence-corrected chi connectivity index (χ2v) is 5.12. The first-order chi connectivity index (χ1) is 6.05. The van der Waals surface area contributed by atoms with Crippen LogP contribution in [0, 0.1) is 23.7 Å². The minimum Gasteiger partial charge on any atom is -0.389 e. The maximum Gasteiger partial charge on any atom is 0.0727 e. The highest BCUT2D eigenvalue weighted by atomic mass is 16.3. The molecule has 0 amide bonds. The Morgan fingerprint density at radius 3 is 2.46 bits per heavy atom. The Morgan fingerprint density at radius 1 is 1.31 bits per heavy atom. The van der Waals surface area contributed by atoms with E-state index in [1.54, 1.807) is 0 Å². The van der Waals surface area contributed by atoms with Crippen molar-refractivity contribution in [2.45, 2.75) is 25.4 Å². The maximum absolute atomic E-state index is 10.4. The summed E-state index contributed by atoms with van der Waals surface area (Å²) in [5.41, 5.74) is 2.14. The number of rotatable bonds is 0. The molecule has 4 fully saturated rings. The first-order valence-electron chi connectivity index (χ1n) is 5.15. The highest BCUT2D eigenvalue weighted by Gasteiger charge is 2.65. The van der Waals surface area contributed by atoms with Crippen LogP contribution in [0.4, 0.5) is 0 Å². The fourth-order valence-electron chi connectivity index (χ4n) is 4.17. The molecule has 4 aliphatic rings. The van der Waals surface area contributed by atoms with Gasteiger partial charge in [0.25, 0.3) is 0 Å². The van der Waals surface area contributed by atoms with Crippen molar-refractivity contribution >= 4 is 0 Å². The van der Waals surface area contributed by atoms with E-state index in [9.17, 15) is 5.11 Å².